The monoisotopic (exact) mass is 699 g/mol. The van der Waals surface area contributed by atoms with E-state index in [-0.39, 0.29) is 0 Å². The number of anilines is 3. The maximum atomic E-state index is 4.68. The fourth-order valence-electron chi connectivity index (χ4n) is 8.87. The normalized spacial score (nSPS) is 11.6. The molecule has 0 fully saturated rings. The third-order valence-corrected chi connectivity index (χ3v) is 11.1. The summed E-state index contributed by atoms with van der Waals surface area (Å²) < 4.78 is 0. The van der Waals surface area contributed by atoms with Gasteiger partial charge in [-0.05, 0) is 114 Å². The molecule has 10 aromatic rings. The molecule has 3 nitrogen and oxygen atoms in total. The first-order chi connectivity index (χ1) is 27.3. The average molecular weight is 700 g/mol. The van der Waals surface area contributed by atoms with Gasteiger partial charge >= 0.3 is 0 Å². The second kappa shape index (κ2) is 12.6. The zero-order valence-corrected chi connectivity index (χ0v) is 29.9. The number of hydrogen-bond donors (Lipinski definition) is 0. The van der Waals surface area contributed by atoms with E-state index in [2.05, 4.69) is 191 Å². The summed E-state index contributed by atoms with van der Waals surface area (Å²) in [6.45, 7) is 0. The van der Waals surface area contributed by atoms with Gasteiger partial charge in [0.1, 0.15) is 0 Å². The Labute approximate surface area is 319 Å². The van der Waals surface area contributed by atoms with E-state index in [1.807, 2.05) is 24.7 Å². The molecule has 256 valence electrons. The highest BCUT2D eigenvalue weighted by Crippen LogP contribution is 2.58. The van der Waals surface area contributed by atoms with E-state index in [0.29, 0.717) is 0 Å². The van der Waals surface area contributed by atoms with Crippen molar-refractivity contribution in [2.24, 2.45) is 0 Å². The van der Waals surface area contributed by atoms with Crippen LogP contribution in [0.4, 0.5) is 17.1 Å². The second-order valence-electron chi connectivity index (χ2n) is 14.1. The van der Waals surface area contributed by atoms with Crippen molar-refractivity contribution < 1.29 is 0 Å². The molecule has 2 heterocycles. The highest BCUT2D eigenvalue weighted by Gasteiger charge is 2.31. The number of benzene rings is 8. The number of hydrogen-bond acceptors (Lipinski definition) is 3. The maximum absolute atomic E-state index is 4.68. The molecule has 3 heteroatoms. The van der Waals surface area contributed by atoms with E-state index in [1.54, 1.807) is 0 Å². The van der Waals surface area contributed by atoms with Crippen molar-refractivity contribution in [3.8, 4) is 55.6 Å². The SMILES string of the molecule is c1ccc(-c2c3c(c(-c4ccccc4)c4ccccc24)-c2ccc(-c4cccc(N(c5ccncc5)c5ccnc6ccccc56)c4)c4cccc-3c24)cc1. The van der Waals surface area contributed by atoms with Crippen LogP contribution in [0.15, 0.2) is 201 Å². The van der Waals surface area contributed by atoms with Crippen LogP contribution in [0.5, 0.6) is 0 Å². The Morgan fingerprint density at radius 2 is 0.909 bits per heavy atom. The molecule has 0 aliphatic heterocycles. The van der Waals surface area contributed by atoms with Crippen LogP contribution in [0, 0.1) is 0 Å². The van der Waals surface area contributed by atoms with E-state index >= 15 is 0 Å². The van der Waals surface area contributed by atoms with Gasteiger partial charge in [-0.3, -0.25) is 9.97 Å². The van der Waals surface area contributed by atoms with Crippen LogP contribution in [0.1, 0.15) is 0 Å². The molecule has 0 amide bonds. The first-order valence-electron chi connectivity index (χ1n) is 18.7. The van der Waals surface area contributed by atoms with Gasteiger partial charge in [0.2, 0.25) is 0 Å². The molecule has 0 N–H and O–H groups in total. The zero-order valence-electron chi connectivity index (χ0n) is 29.9. The van der Waals surface area contributed by atoms with Gasteiger partial charge < -0.3 is 4.90 Å². The molecule has 2 aromatic heterocycles. The Balaban J connectivity index is 1.16. The fourth-order valence-corrected chi connectivity index (χ4v) is 8.87. The number of aromatic nitrogens is 2. The molecular formula is C52H33N3. The predicted octanol–water partition coefficient (Wildman–Crippen LogP) is 14.1. The van der Waals surface area contributed by atoms with Crippen molar-refractivity contribution in [1.29, 1.82) is 0 Å². The van der Waals surface area contributed by atoms with Crippen LogP contribution in [0.25, 0.3) is 88.1 Å². The minimum atomic E-state index is 0.958. The molecule has 0 unspecified atom stereocenters. The summed E-state index contributed by atoms with van der Waals surface area (Å²) in [5.41, 5.74) is 16.7. The van der Waals surface area contributed by atoms with Gasteiger partial charge in [0.25, 0.3) is 0 Å². The minimum absolute atomic E-state index is 0.958. The topological polar surface area (TPSA) is 29.0 Å². The third kappa shape index (κ3) is 4.91. The molecule has 55 heavy (non-hydrogen) atoms. The summed E-state index contributed by atoms with van der Waals surface area (Å²) in [5, 5.41) is 6.17. The van der Waals surface area contributed by atoms with Gasteiger partial charge in [-0.1, -0.05) is 146 Å². The van der Waals surface area contributed by atoms with Crippen molar-refractivity contribution in [2.45, 2.75) is 0 Å². The van der Waals surface area contributed by atoms with E-state index < -0.39 is 0 Å². The average Bonchev–Trinajstić information content (AvgIpc) is 3.59. The van der Waals surface area contributed by atoms with Crippen molar-refractivity contribution in [2.75, 3.05) is 4.90 Å². The van der Waals surface area contributed by atoms with Gasteiger partial charge in [-0.2, -0.15) is 0 Å². The summed E-state index contributed by atoms with van der Waals surface area (Å²) in [6, 6.07) is 65.8. The Morgan fingerprint density at radius 3 is 1.62 bits per heavy atom. The molecule has 8 aromatic carbocycles. The lowest BCUT2D eigenvalue weighted by Gasteiger charge is -2.27. The van der Waals surface area contributed by atoms with Crippen LogP contribution in [0.2, 0.25) is 0 Å². The number of nitrogens with zero attached hydrogens (tertiary/aromatic N) is 3. The Kier molecular flexibility index (Phi) is 7.17. The number of fused-ring (bicyclic) bond motifs is 5. The second-order valence-corrected chi connectivity index (χ2v) is 14.1. The highest BCUT2D eigenvalue weighted by atomic mass is 15.1. The first kappa shape index (κ1) is 31.2. The van der Waals surface area contributed by atoms with Gasteiger partial charge in [0.05, 0.1) is 11.2 Å². The van der Waals surface area contributed by atoms with Crippen molar-refractivity contribution in [3.05, 3.63) is 201 Å². The summed E-state index contributed by atoms with van der Waals surface area (Å²) in [5.74, 6) is 0. The number of rotatable bonds is 6. The molecule has 0 radical (unpaired) electrons. The van der Waals surface area contributed by atoms with Gasteiger partial charge in [-0.15, -0.1) is 0 Å². The smallest absolute Gasteiger partial charge is 0.0723 e. The van der Waals surface area contributed by atoms with Crippen molar-refractivity contribution in [3.63, 3.8) is 0 Å². The van der Waals surface area contributed by atoms with Gasteiger partial charge in [0.15, 0.2) is 0 Å². The molecular weight excluding hydrogens is 667 g/mol. The molecule has 0 atom stereocenters. The fraction of sp³-hybridized carbons (Fsp3) is 0. The third-order valence-electron chi connectivity index (χ3n) is 11.1. The number of pyridine rings is 2. The molecule has 0 bridgehead atoms. The van der Waals surface area contributed by atoms with Crippen LogP contribution < -0.4 is 4.90 Å². The molecule has 1 aliphatic carbocycles. The quantitative estimate of drug-likeness (QED) is 0.173. The predicted molar refractivity (Wildman–Crippen MR) is 230 cm³/mol. The molecule has 0 saturated heterocycles. The minimum Gasteiger partial charge on any atom is -0.310 e. The lowest BCUT2D eigenvalue weighted by Crippen LogP contribution is -2.10. The zero-order chi connectivity index (χ0) is 36.3. The van der Waals surface area contributed by atoms with E-state index in [9.17, 15) is 0 Å². The van der Waals surface area contributed by atoms with Crippen molar-refractivity contribution in [1.82, 2.24) is 9.97 Å². The summed E-state index contributed by atoms with van der Waals surface area (Å²) in [6.07, 6.45) is 5.61. The highest BCUT2D eigenvalue weighted by molar-refractivity contribution is 6.28. The lowest BCUT2D eigenvalue weighted by molar-refractivity contribution is 1.24. The Bertz CT molecular complexity index is 2980. The molecule has 1 aliphatic rings. The summed E-state index contributed by atoms with van der Waals surface area (Å²) >= 11 is 0. The molecule has 0 saturated carbocycles. The van der Waals surface area contributed by atoms with Gasteiger partial charge in [-0.25, -0.2) is 0 Å². The Hall–Kier alpha value is -7.36. The van der Waals surface area contributed by atoms with Crippen LogP contribution in [0.3, 0.4) is 0 Å². The maximum Gasteiger partial charge on any atom is 0.0723 e. The van der Waals surface area contributed by atoms with Crippen LogP contribution in [-0.2, 0) is 0 Å². The summed E-state index contributed by atoms with van der Waals surface area (Å²) in [7, 11) is 0. The van der Waals surface area contributed by atoms with E-state index in [1.165, 1.54) is 71.6 Å². The largest absolute Gasteiger partial charge is 0.310 e. The van der Waals surface area contributed by atoms with Crippen molar-refractivity contribution >= 4 is 49.5 Å². The van der Waals surface area contributed by atoms with E-state index in [0.717, 1.165) is 33.5 Å². The first-order valence-corrected chi connectivity index (χ1v) is 18.7. The molecule has 11 rings (SSSR count). The van der Waals surface area contributed by atoms with Crippen LogP contribution in [-0.4, -0.2) is 9.97 Å². The van der Waals surface area contributed by atoms with E-state index in [4.69, 9.17) is 0 Å². The number of para-hydroxylation sites is 1. The molecule has 0 spiro atoms. The summed E-state index contributed by atoms with van der Waals surface area (Å²) in [4.78, 5) is 11.3. The standard InChI is InChI=1S/C52H33N3/c1-3-13-34(14-4-1)48-41-19-7-8-20-42(41)49(35-15-5-2-6-16-35)52-45-26-25-39(40-22-12-23-44(50(40)45)51(48)52)36-17-11-18-38(33-36)55(37-27-30-53-31-28-37)47-29-32-54-46-24-10-9-21-43(46)47/h1-33H. The van der Waals surface area contributed by atoms with Crippen LogP contribution >= 0.6 is 0 Å². The Morgan fingerprint density at radius 1 is 0.345 bits per heavy atom. The van der Waals surface area contributed by atoms with Gasteiger partial charge in [0, 0.05) is 35.4 Å². The lowest BCUT2D eigenvalue weighted by atomic mass is 9.82.